The lowest BCUT2D eigenvalue weighted by Gasteiger charge is -2.47. The van der Waals surface area contributed by atoms with Crippen LogP contribution in [0.15, 0.2) is 70.7 Å². The lowest BCUT2D eigenvalue weighted by atomic mass is 9.70. The number of aliphatic hydroxyl groups is 1. The molecule has 0 amide bonds. The molecule has 2 nitrogen and oxygen atoms in total. The zero-order chi connectivity index (χ0) is 39.0. The molecule has 312 valence electrons. The van der Waals surface area contributed by atoms with E-state index < -0.39 is 0 Å². The molecule has 1 N–H and O–H groups in total. The minimum atomic E-state index is -0.113. The molecule has 2 unspecified atom stereocenters. The number of rotatable bonds is 16. The van der Waals surface area contributed by atoms with E-state index in [0.717, 1.165) is 34.7 Å². The van der Waals surface area contributed by atoms with E-state index in [2.05, 4.69) is 123 Å². The summed E-state index contributed by atoms with van der Waals surface area (Å²) in [6.45, 7) is 13.5. The third-order valence-electron chi connectivity index (χ3n) is 15.1. The summed E-state index contributed by atoms with van der Waals surface area (Å²) in [7, 11) is 0. The molecule has 3 aliphatic heterocycles. The first-order valence-electron chi connectivity index (χ1n) is 23.3. The van der Waals surface area contributed by atoms with E-state index >= 15 is 0 Å². The summed E-state index contributed by atoms with van der Waals surface area (Å²) in [6.07, 6.45) is 43.1. The van der Waals surface area contributed by atoms with Crippen LogP contribution in [0, 0.1) is 41.4 Å². The number of nitrogens with zero attached hydrogens (tertiary/aromatic N) is 1. The summed E-state index contributed by atoms with van der Waals surface area (Å²) in [6, 6.07) is 1.26. The van der Waals surface area contributed by atoms with Crippen molar-refractivity contribution in [3.8, 4) is 0 Å². The van der Waals surface area contributed by atoms with Crippen molar-refractivity contribution in [1.29, 1.82) is 0 Å². The highest BCUT2D eigenvalue weighted by Gasteiger charge is 2.40. The van der Waals surface area contributed by atoms with Crippen molar-refractivity contribution in [3.05, 3.63) is 70.7 Å². The molecule has 1 saturated heterocycles. The Balaban J connectivity index is 0.935. The molecule has 0 radical (unpaired) electrons. The SMILES string of the molecule is C=CC[C@H](C)SC[C@H]1CC=C(N(C2CCC([C@@H]3CC[C@H](CC(C)[C@H](O)C4CC[C@@H](C)C[C@@H]4C)S3)CC2)[C@H]2C=C[C@@H]([C@@H]3CC=C(/C=C/C4=CCCS4)S3)CC2)CC1. The molecular formula is C50H77NOS4. The monoisotopic (exact) mass is 835 g/mol. The van der Waals surface area contributed by atoms with Gasteiger partial charge in [-0.25, -0.2) is 0 Å². The van der Waals surface area contributed by atoms with E-state index in [1.54, 1.807) is 5.70 Å². The quantitative estimate of drug-likeness (QED) is 0.155. The lowest BCUT2D eigenvalue weighted by molar-refractivity contribution is 0.00361. The Morgan fingerprint density at radius 1 is 0.893 bits per heavy atom. The number of hydrogen-bond acceptors (Lipinski definition) is 6. The second-order valence-corrected chi connectivity index (χ2v) is 24.9. The van der Waals surface area contributed by atoms with Crippen LogP contribution in [-0.4, -0.2) is 60.7 Å². The van der Waals surface area contributed by atoms with Crippen molar-refractivity contribution >= 4 is 47.0 Å². The van der Waals surface area contributed by atoms with E-state index in [-0.39, 0.29) is 6.10 Å². The molecule has 0 spiro atoms. The van der Waals surface area contributed by atoms with Gasteiger partial charge in [-0.3, -0.25) is 0 Å². The summed E-state index contributed by atoms with van der Waals surface area (Å²) in [5, 5.41) is 14.4. The topological polar surface area (TPSA) is 23.5 Å². The fourth-order valence-corrected chi connectivity index (χ4v) is 17.0. The average molecular weight is 836 g/mol. The maximum absolute atomic E-state index is 11.5. The third kappa shape index (κ3) is 11.7. The first kappa shape index (κ1) is 43.7. The molecule has 12 atom stereocenters. The van der Waals surface area contributed by atoms with Gasteiger partial charge in [0.15, 0.2) is 0 Å². The van der Waals surface area contributed by atoms with Crippen molar-refractivity contribution in [1.82, 2.24) is 4.90 Å². The van der Waals surface area contributed by atoms with Crippen molar-refractivity contribution in [2.45, 2.75) is 182 Å². The van der Waals surface area contributed by atoms with Gasteiger partial charge in [0.2, 0.25) is 0 Å². The summed E-state index contributed by atoms with van der Waals surface area (Å²) in [5.41, 5.74) is 1.69. The highest BCUT2D eigenvalue weighted by atomic mass is 32.2. The molecule has 0 aromatic carbocycles. The summed E-state index contributed by atoms with van der Waals surface area (Å²) >= 11 is 8.65. The standard InChI is InChI=1S/C50H77NOS4/c1-6-8-37(5)54-33-38-11-17-41(18-12-38)51(42-19-13-39(14-20-42)48-28-25-45(55-48)24-23-44-9-7-30-53-44)43-21-15-40(16-22-43)49-29-26-46(56-49)32-36(4)50(52)47-27-10-34(2)31-35(47)3/h6,9,13,17,19,23-25,34-40,42-43,46-50,52H,1,7-8,10-12,14-16,18,20-22,26-33H2,2-5H3/b24-23+/t34-,35+,36?,37+,38+,39-,40?,42+,43?,46-,47?,48+,49+,50+/m1/s1. The van der Waals surface area contributed by atoms with Gasteiger partial charge in [-0.1, -0.05) is 70.6 Å². The van der Waals surface area contributed by atoms with Crippen molar-refractivity contribution in [2.75, 3.05) is 11.5 Å². The lowest BCUT2D eigenvalue weighted by Crippen LogP contribution is -2.46. The molecule has 6 heteroatoms. The largest absolute Gasteiger partial charge is 0.393 e. The van der Waals surface area contributed by atoms with Crippen LogP contribution in [0.4, 0.5) is 0 Å². The molecule has 0 aromatic heterocycles. The van der Waals surface area contributed by atoms with Gasteiger partial charge in [-0.15, -0.1) is 30.1 Å². The van der Waals surface area contributed by atoms with E-state index in [4.69, 9.17) is 0 Å². The van der Waals surface area contributed by atoms with E-state index in [1.165, 1.54) is 130 Å². The maximum atomic E-state index is 11.5. The normalized spacial score (nSPS) is 38.2. The van der Waals surface area contributed by atoms with Crippen molar-refractivity contribution in [2.24, 2.45) is 41.4 Å². The smallest absolute Gasteiger partial charge is 0.0596 e. The van der Waals surface area contributed by atoms with Gasteiger partial charge in [0, 0.05) is 54.3 Å². The second-order valence-electron chi connectivity index (χ2n) is 19.4. The molecular weight excluding hydrogens is 759 g/mol. The molecule has 7 rings (SSSR count). The average Bonchev–Trinajstić information content (AvgIpc) is 4.01. The molecule has 0 bridgehead atoms. The first-order chi connectivity index (χ1) is 27.2. The number of allylic oxidation sites excluding steroid dienone is 8. The Labute approximate surface area is 360 Å². The molecule has 4 aliphatic carbocycles. The number of thioether (sulfide) groups is 4. The Bertz CT molecular complexity index is 1430. The van der Waals surface area contributed by atoms with Gasteiger partial charge in [-0.05, 0) is 168 Å². The van der Waals surface area contributed by atoms with Crippen molar-refractivity contribution in [3.63, 3.8) is 0 Å². The third-order valence-corrected chi connectivity index (χ3v) is 20.8. The van der Waals surface area contributed by atoms with Crippen LogP contribution in [0.2, 0.25) is 0 Å². The van der Waals surface area contributed by atoms with Crippen LogP contribution in [0.3, 0.4) is 0 Å². The van der Waals surface area contributed by atoms with Crippen LogP contribution < -0.4 is 0 Å². The molecule has 2 saturated carbocycles. The molecule has 3 heterocycles. The van der Waals surface area contributed by atoms with Gasteiger partial charge >= 0.3 is 0 Å². The van der Waals surface area contributed by atoms with Crippen molar-refractivity contribution < 1.29 is 5.11 Å². The highest BCUT2D eigenvalue weighted by Crippen LogP contribution is 2.48. The first-order valence-corrected chi connectivity index (χ1v) is 27.2. The zero-order valence-corrected chi connectivity index (χ0v) is 38.8. The fraction of sp³-hybridized carbons (Fsp3) is 0.760. The molecule has 56 heavy (non-hydrogen) atoms. The van der Waals surface area contributed by atoms with Crippen LogP contribution in [0.25, 0.3) is 0 Å². The second kappa shape index (κ2) is 21.4. The Kier molecular flexibility index (Phi) is 16.7. The van der Waals surface area contributed by atoms with Crippen LogP contribution in [0.1, 0.15) is 143 Å². The molecule has 7 aliphatic rings. The van der Waals surface area contributed by atoms with Gasteiger partial charge in [0.05, 0.1) is 6.10 Å². The number of hydrogen-bond donors (Lipinski definition) is 1. The molecule has 3 fully saturated rings. The Hall–Kier alpha value is -0.400. The van der Waals surface area contributed by atoms with E-state index in [9.17, 15) is 5.11 Å². The predicted octanol–water partition coefficient (Wildman–Crippen LogP) is 14.3. The minimum Gasteiger partial charge on any atom is -0.393 e. The fourth-order valence-electron chi connectivity index (χ4n) is 11.7. The Morgan fingerprint density at radius 3 is 2.45 bits per heavy atom. The van der Waals surface area contributed by atoms with Crippen LogP contribution in [-0.2, 0) is 0 Å². The van der Waals surface area contributed by atoms with Gasteiger partial charge in [0.25, 0.3) is 0 Å². The van der Waals surface area contributed by atoms with Gasteiger partial charge in [-0.2, -0.15) is 23.5 Å². The number of aliphatic hydroxyl groups excluding tert-OH is 1. The molecule has 0 aromatic rings. The minimum absolute atomic E-state index is 0.113. The summed E-state index contributed by atoms with van der Waals surface area (Å²) in [5.74, 6) is 7.39. The maximum Gasteiger partial charge on any atom is 0.0596 e. The predicted molar refractivity (Wildman–Crippen MR) is 254 cm³/mol. The summed E-state index contributed by atoms with van der Waals surface area (Å²) < 4.78 is 0. The van der Waals surface area contributed by atoms with Gasteiger partial charge in [0.1, 0.15) is 0 Å². The van der Waals surface area contributed by atoms with Gasteiger partial charge < -0.3 is 10.0 Å². The Morgan fingerprint density at radius 2 is 1.73 bits per heavy atom. The van der Waals surface area contributed by atoms with Crippen LogP contribution in [0.5, 0.6) is 0 Å². The van der Waals surface area contributed by atoms with E-state index in [1.807, 2.05) is 11.8 Å². The van der Waals surface area contributed by atoms with E-state index in [0.29, 0.717) is 46.3 Å². The summed E-state index contributed by atoms with van der Waals surface area (Å²) in [4.78, 5) is 5.95. The zero-order valence-electron chi connectivity index (χ0n) is 35.6. The highest BCUT2D eigenvalue weighted by molar-refractivity contribution is 8.04. The van der Waals surface area contributed by atoms with Crippen LogP contribution >= 0.6 is 47.0 Å².